The number of rotatable bonds is 5. The SMILES string of the molecule is CSc1nnc(C(N)=O)c(NCc2ccc(Cl)cc2Cl)n1. The zero-order valence-corrected chi connectivity index (χ0v) is 13.3. The van der Waals surface area contributed by atoms with Crippen molar-refractivity contribution in [2.75, 3.05) is 11.6 Å². The number of anilines is 1. The summed E-state index contributed by atoms with van der Waals surface area (Å²) in [6.45, 7) is 0.350. The number of primary amides is 1. The predicted octanol–water partition coefficient (Wildman–Crippen LogP) is 2.61. The molecule has 0 atom stereocenters. The number of aromatic nitrogens is 3. The highest BCUT2D eigenvalue weighted by molar-refractivity contribution is 7.98. The van der Waals surface area contributed by atoms with E-state index in [1.165, 1.54) is 11.8 Å². The second-order valence-electron chi connectivity index (χ2n) is 3.95. The van der Waals surface area contributed by atoms with Crippen LogP contribution in [0.4, 0.5) is 5.82 Å². The fourth-order valence-electron chi connectivity index (χ4n) is 1.53. The molecule has 0 saturated carbocycles. The van der Waals surface area contributed by atoms with Crippen molar-refractivity contribution in [2.24, 2.45) is 5.73 Å². The molecule has 3 N–H and O–H groups in total. The van der Waals surface area contributed by atoms with E-state index in [1.807, 2.05) is 0 Å². The lowest BCUT2D eigenvalue weighted by atomic mass is 10.2. The maximum atomic E-state index is 11.3. The number of carbonyl (C=O) groups is 1. The van der Waals surface area contributed by atoms with E-state index < -0.39 is 5.91 Å². The van der Waals surface area contributed by atoms with Crippen molar-refractivity contribution in [1.82, 2.24) is 15.2 Å². The summed E-state index contributed by atoms with van der Waals surface area (Å²) in [6, 6.07) is 5.15. The third-order valence-corrected chi connectivity index (χ3v) is 3.67. The highest BCUT2D eigenvalue weighted by Crippen LogP contribution is 2.22. The molecule has 0 aliphatic carbocycles. The number of amides is 1. The molecule has 9 heteroatoms. The van der Waals surface area contributed by atoms with Crippen molar-refractivity contribution >= 4 is 46.7 Å². The number of halogens is 2. The molecular formula is C12H11Cl2N5OS. The third-order valence-electron chi connectivity index (χ3n) is 2.54. The Morgan fingerprint density at radius 2 is 2.14 bits per heavy atom. The van der Waals surface area contributed by atoms with Gasteiger partial charge in [-0.15, -0.1) is 10.2 Å². The first kappa shape index (κ1) is 15.8. The average molecular weight is 344 g/mol. The van der Waals surface area contributed by atoms with Crippen molar-refractivity contribution in [3.05, 3.63) is 39.5 Å². The second kappa shape index (κ2) is 6.93. The lowest BCUT2D eigenvalue weighted by Crippen LogP contribution is -2.19. The van der Waals surface area contributed by atoms with E-state index in [0.717, 1.165) is 5.56 Å². The van der Waals surface area contributed by atoms with Crippen LogP contribution in [0.1, 0.15) is 16.1 Å². The number of nitrogens with zero attached hydrogens (tertiary/aromatic N) is 3. The third kappa shape index (κ3) is 3.96. The first-order valence-electron chi connectivity index (χ1n) is 5.77. The van der Waals surface area contributed by atoms with E-state index in [2.05, 4.69) is 20.5 Å². The first-order chi connectivity index (χ1) is 10.0. The Bertz CT molecular complexity index is 683. The van der Waals surface area contributed by atoms with E-state index in [1.54, 1.807) is 24.5 Å². The summed E-state index contributed by atoms with van der Waals surface area (Å²) in [5, 5.41) is 12.0. The van der Waals surface area contributed by atoms with E-state index >= 15 is 0 Å². The van der Waals surface area contributed by atoms with Crippen molar-refractivity contribution < 1.29 is 4.79 Å². The van der Waals surface area contributed by atoms with Crippen molar-refractivity contribution in [1.29, 1.82) is 0 Å². The number of hydrogen-bond acceptors (Lipinski definition) is 6. The van der Waals surface area contributed by atoms with E-state index in [-0.39, 0.29) is 11.5 Å². The molecule has 0 bridgehead atoms. The number of thioether (sulfide) groups is 1. The molecule has 21 heavy (non-hydrogen) atoms. The van der Waals surface area contributed by atoms with Crippen molar-refractivity contribution in [2.45, 2.75) is 11.7 Å². The Morgan fingerprint density at radius 1 is 1.38 bits per heavy atom. The molecule has 1 amide bonds. The Morgan fingerprint density at radius 3 is 2.76 bits per heavy atom. The molecule has 2 rings (SSSR count). The average Bonchev–Trinajstić information content (AvgIpc) is 2.45. The fourth-order valence-corrected chi connectivity index (χ4v) is 2.31. The monoisotopic (exact) mass is 343 g/mol. The van der Waals surface area contributed by atoms with Gasteiger partial charge in [0.15, 0.2) is 11.5 Å². The zero-order chi connectivity index (χ0) is 15.4. The fraction of sp³-hybridized carbons (Fsp3) is 0.167. The minimum absolute atomic E-state index is 0.0158. The van der Waals surface area contributed by atoms with Gasteiger partial charge >= 0.3 is 0 Å². The molecule has 2 aromatic rings. The van der Waals surface area contributed by atoms with Gasteiger partial charge in [-0.1, -0.05) is 41.0 Å². The Hall–Kier alpha value is -1.57. The van der Waals surface area contributed by atoms with Crippen LogP contribution >= 0.6 is 35.0 Å². The van der Waals surface area contributed by atoms with Crippen LogP contribution in [0, 0.1) is 0 Å². The largest absolute Gasteiger partial charge is 0.364 e. The summed E-state index contributed by atoms with van der Waals surface area (Å²) < 4.78 is 0. The molecule has 6 nitrogen and oxygen atoms in total. The Kier molecular flexibility index (Phi) is 5.22. The highest BCUT2D eigenvalue weighted by atomic mass is 35.5. The first-order valence-corrected chi connectivity index (χ1v) is 7.75. The maximum absolute atomic E-state index is 11.3. The Balaban J connectivity index is 2.24. The molecule has 0 aliphatic rings. The topological polar surface area (TPSA) is 93.8 Å². The Labute approximate surface area is 135 Å². The summed E-state index contributed by atoms with van der Waals surface area (Å²) in [5.41, 5.74) is 6.04. The minimum Gasteiger partial charge on any atom is -0.364 e. The van der Waals surface area contributed by atoms with Crippen LogP contribution in [-0.4, -0.2) is 27.3 Å². The lowest BCUT2D eigenvalue weighted by Gasteiger charge is -2.10. The lowest BCUT2D eigenvalue weighted by molar-refractivity contribution is 0.0994. The molecule has 0 fully saturated rings. The maximum Gasteiger partial charge on any atom is 0.273 e. The van der Waals surface area contributed by atoms with Crippen LogP contribution in [0.15, 0.2) is 23.4 Å². The summed E-state index contributed by atoms with van der Waals surface area (Å²) in [5.74, 6) is -0.430. The van der Waals surface area contributed by atoms with Gasteiger partial charge in [0.2, 0.25) is 5.16 Å². The van der Waals surface area contributed by atoms with Gasteiger partial charge in [-0.2, -0.15) is 0 Å². The summed E-state index contributed by atoms with van der Waals surface area (Å²) in [7, 11) is 0. The number of nitrogens with two attached hydrogens (primary N) is 1. The van der Waals surface area contributed by atoms with E-state index in [9.17, 15) is 4.79 Å². The van der Waals surface area contributed by atoms with Crippen LogP contribution in [-0.2, 0) is 6.54 Å². The zero-order valence-electron chi connectivity index (χ0n) is 10.9. The van der Waals surface area contributed by atoms with Gasteiger partial charge in [-0.25, -0.2) is 4.98 Å². The van der Waals surface area contributed by atoms with Gasteiger partial charge in [-0.05, 0) is 24.0 Å². The molecule has 110 valence electrons. The van der Waals surface area contributed by atoms with Crippen molar-refractivity contribution in [3.63, 3.8) is 0 Å². The molecular weight excluding hydrogens is 333 g/mol. The van der Waals surface area contributed by atoms with Crippen LogP contribution in [0.3, 0.4) is 0 Å². The van der Waals surface area contributed by atoms with Crippen molar-refractivity contribution in [3.8, 4) is 0 Å². The number of nitrogens with one attached hydrogen (secondary N) is 1. The van der Waals surface area contributed by atoms with Crippen LogP contribution in [0.25, 0.3) is 0 Å². The van der Waals surface area contributed by atoms with Crippen LogP contribution in [0.2, 0.25) is 10.0 Å². The summed E-state index contributed by atoms with van der Waals surface area (Å²) >= 11 is 13.2. The highest BCUT2D eigenvalue weighted by Gasteiger charge is 2.14. The minimum atomic E-state index is -0.702. The van der Waals surface area contributed by atoms with Gasteiger partial charge in [0, 0.05) is 16.6 Å². The number of benzene rings is 1. The van der Waals surface area contributed by atoms with E-state index in [0.29, 0.717) is 21.7 Å². The summed E-state index contributed by atoms with van der Waals surface area (Å²) in [4.78, 5) is 15.5. The van der Waals surface area contributed by atoms with Gasteiger partial charge in [-0.3, -0.25) is 4.79 Å². The molecule has 1 heterocycles. The second-order valence-corrected chi connectivity index (χ2v) is 5.57. The number of hydrogen-bond donors (Lipinski definition) is 2. The molecule has 0 unspecified atom stereocenters. The molecule has 0 saturated heterocycles. The van der Waals surface area contributed by atoms with Gasteiger partial charge in [0.25, 0.3) is 5.91 Å². The van der Waals surface area contributed by atoms with Gasteiger partial charge in [0.05, 0.1) is 0 Å². The molecule has 1 aromatic heterocycles. The van der Waals surface area contributed by atoms with Crippen LogP contribution in [0.5, 0.6) is 0 Å². The van der Waals surface area contributed by atoms with Gasteiger partial charge < -0.3 is 11.1 Å². The standard InChI is InChI=1S/C12H11Cl2N5OS/c1-21-12-17-11(9(10(15)20)18-19-12)16-5-6-2-3-7(13)4-8(6)14/h2-4H,5H2,1H3,(H2,15,20)(H,16,17,19). The molecule has 0 aliphatic heterocycles. The number of carbonyl (C=O) groups excluding carboxylic acids is 1. The molecule has 0 radical (unpaired) electrons. The van der Waals surface area contributed by atoms with Gasteiger partial charge in [0.1, 0.15) is 0 Å². The smallest absolute Gasteiger partial charge is 0.273 e. The van der Waals surface area contributed by atoms with E-state index in [4.69, 9.17) is 28.9 Å². The summed E-state index contributed by atoms with van der Waals surface area (Å²) in [6.07, 6.45) is 1.81. The molecule has 0 spiro atoms. The predicted molar refractivity (Wildman–Crippen MR) is 83.9 cm³/mol. The van der Waals surface area contributed by atoms with Crippen LogP contribution < -0.4 is 11.1 Å². The quantitative estimate of drug-likeness (QED) is 0.810. The molecule has 1 aromatic carbocycles. The normalized spacial score (nSPS) is 10.4.